The Balaban J connectivity index is 2.15. The van der Waals surface area contributed by atoms with Crippen LogP contribution in [-0.2, 0) is 12.7 Å². The SMILES string of the molecule is Fc1ccc(CNc2ccc(Br)c(C(F)(F)F)c2)cc1Cl. The van der Waals surface area contributed by atoms with Crippen molar-refractivity contribution in [2.75, 3.05) is 5.32 Å². The average Bonchev–Trinajstić information content (AvgIpc) is 2.40. The predicted molar refractivity (Wildman–Crippen MR) is 77.9 cm³/mol. The number of hydrogen-bond acceptors (Lipinski definition) is 1. The minimum absolute atomic E-state index is 0.0228. The fourth-order valence-electron chi connectivity index (χ4n) is 1.71. The molecule has 0 saturated heterocycles. The normalized spacial score (nSPS) is 11.5. The Kier molecular flexibility index (Phi) is 4.78. The minimum Gasteiger partial charge on any atom is -0.381 e. The average molecular weight is 383 g/mol. The molecule has 2 aromatic carbocycles. The van der Waals surface area contributed by atoms with Gasteiger partial charge in [0.15, 0.2) is 0 Å². The summed E-state index contributed by atoms with van der Waals surface area (Å²) in [6.45, 7) is 0.235. The molecule has 0 unspecified atom stereocenters. The van der Waals surface area contributed by atoms with Crippen LogP contribution in [0.25, 0.3) is 0 Å². The van der Waals surface area contributed by atoms with E-state index in [1.165, 1.54) is 30.3 Å². The predicted octanol–water partition coefficient (Wildman–Crippen LogP) is 5.87. The van der Waals surface area contributed by atoms with Crippen molar-refractivity contribution in [3.63, 3.8) is 0 Å². The van der Waals surface area contributed by atoms with Crippen LogP contribution in [0.4, 0.5) is 23.2 Å². The molecule has 0 amide bonds. The molecule has 0 saturated carbocycles. The maximum absolute atomic E-state index is 13.0. The number of hydrogen-bond donors (Lipinski definition) is 1. The summed E-state index contributed by atoms with van der Waals surface area (Å²) in [6, 6.07) is 8.00. The van der Waals surface area contributed by atoms with E-state index >= 15 is 0 Å². The Hall–Kier alpha value is -1.27. The molecule has 1 nitrogen and oxygen atoms in total. The molecule has 2 rings (SSSR count). The van der Waals surface area contributed by atoms with Crippen molar-refractivity contribution in [2.24, 2.45) is 0 Å². The van der Waals surface area contributed by atoms with E-state index in [1.807, 2.05) is 0 Å². The summed E-state index contributed by atoms with van der Waals surface area (Å²) in [4.78, 5) is 0. The number of nitrogens with one attached hydrogen (secondary N) is 1. The molecule has 21 heavy (non-hydrogen) atoms. The van der Waals surface area contributed by atoms with E-state index in [1.54, 1.807) is 0 Å². The Morgan fingerprint density at radius 1 is 1.10 bits per heavy atom. The highest BCUT2D eigenvalue weighted by atomic mass is 79.9. The second-order valence-electron chi connectivity index (χ2n) is 4.29. The lowest BCUT2D eigenvalue weighted by atomic mass is 10.1. The van der Waals surface area contributed by atoms with Crippen molar-refractivity contribution in [3.05, 3.63) is 62.8 Å². The molecule has 0 fully saturated rings. The first-order valence-electron chi connectivity index (χ1n) is 5.82. The van der Waals surface area contributed by atoms with Gasteiger partial charge in [0.05, 0.1) is 10.6 Å². The van der Waals surface area contributed by atoms with Crippen LogP contribution in [0.15, 0.2) is 40.9 Å². The van der Waals surface area contributed by atoms with Gasteiger partial charge in [-0.15, -0.1) is 0 Å². The molecular weight excluding hydrogens is 374 g/mol. The first kappa shape index (κ1) is 16.1. The van der Waals surface area contributed by atoms with E-state index in [9.17, 15) is 17.6 Å². The van der Waals surface area contributed by atoms with Gasteiger partial charge in [0, 0.05) is 16.7 Å². The maximum Gasteiger partial charge on any atom is 0.417 e. The van der Waals surface area contributed by atoms with E-state index in [-0.39, 0.29) is 16.0 Å². The summed E-state index contributed by atoms with van der Waals surface area (Å²) in [6.07, 6.45) is -4.43. The van der Waals surface area contributed by atoms with Gasteiger partial charge < -0.3 is 5.32 Å². The van der Waals surface area contributed by atoms with E-state index in [0.717, 1.165) is 6.07 Å². The molecular formula is C14H9BrClF4N. The van der Waals surface area contributed by atoms with Crippen LogP contribution in [0.3, 0.4) is 0 Å². The lowest BCUT2D eigenvalue weighted by molar-refractivity contribution is -0.138. The monoisotopic (exact) mass is 381 g/mol. The van der Waals surface area contributed by atoms with Gasteiger partial charge in [0.25, 0.3) is 0 Å². The van der Waals surface area contributed by atoms with E-state index in [2.05, 4.69) is 21.2 Å². The molecule has 0 atom stereocenters. The summed E-state index contributed by atoms with van der Waals surface area (Å²) < 4.78 is 51.3. The van der Waals surface area contributed by atoms with E-state index < -0.39 is 17.6 Å². The van der Waals surface area contributed by atoms with Crippen molar-refractivity contribution in [2.45, 2.75) is 12.7 Å². The Labute approximate surface area is 132 Å². The zero-order chi connectivity index (χ0) is 15.6. The van der Waals surface area contributed by atoms with Crippen molar-refractivity contribution < 1.29 is 17.6 Å². The van der Waals surface area contributed by atoms with Crippen molar-refractivity contribution in [3.8, 4) is 0 Å². The Morgan fingerprint density at radius 2 is 1.81 bits per heavy atom. The first-order valence-corrected chi connectivity index (χ1v) is 6.99. The lowest BCUT2D eigenvalue weighted by Gasteiger charge is -2.12. The van der Waals surface area contributed by atoms with Gasteiger partial charge >= 0.3 is 6.18 Å². The molecule has 112 valence electrons. The summed E-state index contributed by atoms with van der Waals surface area (Å²) in [7, 11) is 0. The van der Waals surface area contributed by atoms with Crippen LogP contribution in [0, 0.1) is 5.82 Å². The standard InChI is InChI=1S/C14H9BrClF4N/c15-11-3-2-9(6-10(11)14(18,19)20)21-7-8-1-4-13(17)12(16)5-8/h1-6,21H,7H2. The van der Waals surface area contributed by atoms with Gasteiger partial charge in [-0.25, -0.2) is 4.39 Å². The smallest absolute Gasteiger partial charge is 0.381 e. The number of anilines is 1. The van der Waals surface area contributed by atoms with Crippen LogP contribution in [-0.4, -0.2) is 0 Å². The maximum atomic E-state index is 13.0. The van der Waals surface area contributed by atoms with Crippen LogP contribution >= 0.6 is 27.5 Å². The summed E-state index contributed by atoms with van der Waals surface area (Å²) in [5.41, 5.74) is 0.216. The highest BCUT2D eigenvalue weighted by Gasteiger charge is 2.33. The third kappa shape index (κ3) is 4.11. The highest BCUT2D eigenvalue weighted by molar-refractivity contribution is 9.10. The summed E-state index contributed by atoms with van der Waals surface area (Å²) >= 11 is 8.52. The quantitative estimate of drug-likeness (QED) is 0.654. The number of benzene rings is 2. The molecule has 7 heteroatoms. The molecule has 0 radical (unpaired) electrons. The minimum atomic E-state index is -4.43. The number of rotatable bonds is 3. The molecule has 0 bridgehead atoms. The van der Waals surface area contributed by atoms with Crippen LogP contribution < -0.4 is 5.32 Å². The fourth-order valence-corrected chi connectivity index (χ4v) is 2.38. The zero-order valence-electron chi connectivity index (χ0n) is 10.4. The third-order valence-electron chi connectivity index (χ3n) is 2.75. The van der Waals surface area contributed by atoms with Gasteiger partial charge in [0.2, 0.25) is 0 Å². The van der Waals surface area contributed by atoms with Gasteiger partial charge in [-0.05, 0) is 35.9 Å². The van der Waals surface area contributed by atoms with Crippen molar-refractivity contribution in [1.29, 1.82) is 0 Å². The molecule has 0 aromatic heterocycles. The van der Waals surface area contributed by atoms with Crippen molar-refractivity contribution >= 4 is 33.2 Å². The van der Waals surface area contributed by atoms with Crippen LogP contribution in [0.5, 0.6) is 0 Å². The van der Waals surface area contributed by atoms with Gasteiger partial charge in [-0.2, -0.15) is 13.2 Å². The van der Waals surface area contributed by atoms with E-state index in [0.29, 0.717) is 11.3 Å². The third-order valence-corrected chi connectivity index (χ3v) is 3.73. The van der Waals surface area contributed by atoms with E-state index in [4.69, 9.17) is 11.6 Å². The summed E-state index contributed by atoms with van der Waals surface area (Å²) in [5, 5.41) is 2.82. The van der Waals surface area contributed by atoms with Crippen LogP contribution in [0.2, 0.25) is 5.02 Å². The molecule has 0 aliphatic heterocycles. The van der Waals surface area contributed by atoms with Gasteiger partial charge in [0.1, 0.15) is 5.82 Å². The van der Waals surface area contributed by atoms with Gasteiger partial charge in [-0.3, -0.25) is 0 Å². The summed E-state index contributed by atoms with van der Waals surface area (Å²) in [5.74, 6) is -0.539. The first-order chi connectivity index (χ1) is 9.77. The molecule has 0 spiro atoms. The molecule has 0 heterocycles. The molecule has 0 aliphatic carbocycles. The largest absolute Gasteiger partial charge is 0.417 e. The highest BCUT2D eigenvalue weighted by Crippen LogP contribution is 2.36. The Bertz CT molecular complexity index is 658. The molecule has 1 N–H and O–H groups in total. The van der Waals surface area contributed by atoms with Crippen LogP contribution in [0.1, 0.15) is 11.1 Å². The van der Waals surface area contributed by atoms with Gasteiger partial charge in [-0.1, -0.05) is 33.6 Å². The second-order valence-corrected chi connectivity index (χ2v) is 5.56. The Morgan fingerprint density at radius 3 is 2.43 bits per heavy atom. The topological polar surface area (TPSA) is 12.0 Å². The molecule has 2 aromatic rings. The zero-order valence-corrected chi connectivity index (χ0v) is 12.8. The number of halogens is 6. The number of alkyl halides is 3. The second kappa shape index (κ2) is 6.23. The molecule has 0 aliphatic rings. The fraction of sp³-hybridized carbons (Fsp3) is 0.143. The van der Waals surface area contributed by atoms with Crippen molar-refractivity contribution in [1.82, 2.24) is 0 Å². The lowest BCUT2D eigenvalue weighted by Crippen LogP contribution is -2.07.